The molecule has 0 fully saturated rings. The molecule has 0 spiro atoms. The fourth-order valence-corrected chi connectivity index (χ4v) is 1.00. The van der Waals surface area contributed by atoms with Gasteiger partial charge < -0.3 is 11.1 Å². The number of amidine groups is 1. The van der Waals surface area contributed by atoms with Gasteiger partial charge in [0.25, 0.3) is 0 Å². The van der Waals surface area contributed by atoms with Crippen molar-refractivity contribution in [3.05, 3.63) is 0 Å². The lowest BCUT2D eigenvalue weighted by Crippen LogP contribution is -2.34. The van der Waals surface area contributed by atoms with Crippen LogP contribution in [0.4, 0.5) is 0 Å². The van der Waals surface area contributed by atoms with Gasteiger partial charge in [0.1, 0.15) is 0 Å². The minimum absolute atomic E-state index is 0.00799. The summed E-state index contributed by atoms with van der Waals surface area (Å²) in [6.45, 7) is 4.01. The van der Waals surface area contributed by atoms with Crippen LogP contribution < -0.4 is 11.1 Å². The van der Waals surface area contributed by atoms with E-state index in [1.54, 1.807) is 0 Å². The summed E-state index contributed by atoms with van der Waals surface area (Å²) >= 11 is 0. The maximum atomic E-state index is 11.0. The molecule has 1 amide bonds. The summed E-state index contributed by atoms with van der Waals surface area (Å²) in [5.41, 5.74) is 5.07. The summed E-state index contributed by atoms with van der Waals surface area (Å²) in [5.74, 6) is -0.250. The van der Waals surface area contributed by atoms with Crippen LogP contribution in [0, 0.1) is 5.41 Å². The van der Waals surface area contributed by atoms with Crippen molar-refractivity contribution in [3.8, 4) is 0 Å². The van der Waals surface area contributed by atoms with E-state index >= 15 is 0 Å². The zero-order valence-corrected chi connectivity index (χ0v) is 7.68. The largest absolute Gasteiger partial charge is 0.387 e. The van der Waals surface area contributed by atoms with E-state index in [1.807, 2.05) is 6.92 Å². The quantitative estimate of drug-likeness (QED) is 0.418. The number of amides is 1. The molecule has 0 aromatic carbocycles. The second kappa shape index (κ2) is 5.57. The number of carbonyl (C=O) groups is 1. The molecule has 4 N–H and O–H groups in total. The summed E-state index contributed by atoms with van der Waals surface area (Å²) in [6, 6.07) is 0.182. The van der Waals surface area contributed by atoms with Crippen LogP contribution >= 0.6 is 0 Å². The zero-order chi connectivity index (χ0) is 9.56. The highest BCUT2D eigenvalue weighted by molar-refractivity contribution is 5.97. The van der Waals surface area contributed by atoms with Crippen LogP contribution in [0.2, 0.25) is 0 Å². The minimum atomic E-state index is -0.163. The van der Waals surface area contributed by atoms with Gasteiger partial charge in [-0.15, -0.1) is 0 Å². The molecule has 4 nitrogen and oxygen atoms in total. The first-order valence-corrected chi connectivity index (χ1v) is 4.18. The second-order valence-corrected chi connectivity index (χ2v) is 2.96. The van der Waals surface area contributed by atoms with E-state index in [9.17, 15) is 4.79 Å². The number of carbonyl (C=O) groups excluding carboxylic acids is 1. The van der Waals surface area contributed by atoms with Gasteiger partial charge in [0.2, 0.25) is 5.91 Å². The maximum absolute atomic E-state index is 11.0. The topological polar surface area (TPSA) is 79.0 Å². The third-order valence-corrected chi connectivity index (χ3v) is 1.48. The third-order valence-electron chi connectivity index (χ3n) is 1.48. The summed E-state index contributed by atoms with van der Waals surface area (Å²) in [5, 5.41) is 9.64. The van der Waals surface area contributed by atoms with Crippen molar-refractivity contribution in [2.75, 3.05) is 0 Å². The lowest BCUT2D eigenvalue weighted by Gasteiger charge is -2.11. The second-order valence-electron chi connectivity index (χ2n) is 2.96. The Kier molecular flexibility index (Phi) is 5.08. The predicted molar refractivity (Wildman–Crippen MR) is 49.0 cm³/mol. The molecule has 0 saturated heterocycles. The van der Waals surface area contributed by atoms with E-state index in [-0.39, 0.29) is 24.2 Å². The Hall–Kier alpha value is -1.06. The molecule has 1 unspecified atom stereocenters. The lowest BCUT2D eigenvalue weighted by molar-refractivity contribution is -0.120. The van der Waals surface area contributed by atoms with Crippen molar-refractivity contribution in [1.29, 1.82) is 5.41 Å². The standard InChI is InChI=1S/C8H17N3O/c1-3-4-6(2)11-8(12)5-7(9)10/h6H,3-5H2,1-2H3,(H3,9,10)(H,11,12). The van der Waals surface area contributed by atoms with Crippen LogP contribution in [0.25, 0.3) is 0 Å². The first-order chi connectivity index (χ1) is 5.56. The van der Waals surface area contributed by atoms with Crippen LogP contribution in [0.15, 0.2) is 0 Å². The maximum Gasteiger partial charge on any atom is 0.227 e. The Labute approximate surface area is 73.0 Å². The summed E-state index contributed by atoms with van der Waals surface area (Å²) in [6.07, 6.45) is 2.01. The van der Waals surface area contributed by atoms with E-state index in [0.717, 1.165) is 12.8 Å². The van der Waals surface area contributed by atoms with Crippen molar-refractivity contribution in [2.45, 2.75) is 39.2 Å². The molecule has 0 aliphatic carbocycles. The highest BCUT2D eigenvalue weighted by Gasteiger charge is 2.06. The van der Waals surface area contributed by atoms with Gasteiger partial charge in [-0.25, -0.2) is 0 Å². The van der Waals surface area contributed by atoms with Crippen LogP contribution in [-0.4, -0.2) is 17.8 Å². The molecule has 0 aliphatic rings. The van der Waals surface area contributed by atoms with Gasteiger partial charge in [-0.1, -0.05) is 13.3 Å². The first-order valence-electron chi connectivity index (χ1n) is 4.18. The molecule has 0 aromatic rings. The Morgan fingerprint density at radius 3 is 2.67 bits per heavy atom. The fraction of sp³-hybridized carbons (Fsp3) is 0.750. The molecule has 70 valence electrons. The average Bonchev–Trinajstić information content (AvgIpc) is 1.84. The number of hydrogen-bond acceptors (Lipinski definition) is 2. The molecular weight excluding hydrogens is 154 g/mol. The van der Waals surface area contributed by atoms with Crippen molar-refractivity contribution in [2.24, 2.45) is 5.73 Å². The molecule has 4 heteroatoms. The lowest BCUT2D eigenvalue weighted by atomic mass is 10.2. The molecule has 1 atom stereocenters. The molecule has 0 heterocycles. The van der Waals surface area contributed by atoms with E-state index in [2.05, 4.69) is 12.2 Å². The minimum Gasteiger partial charge on any atom is -0.387 e. The third kappa shape index (κ3) is 5.70. The fourth-order valence-electron chi connectivity index (χ4n) is 1.00. The van der Waals surface area contributed by atoms with Gasteiger partial charge in [-0.05, 0) is 13.3 Å². The molecular formula is C8H17N3O. The van der Waals surface area contributed by atoms with Gasteiger partial charge in [-0.2, -0.15) is 0 Å². The van der Waals surface area contributed by atoms with E-state index in [0.29, 0.717) is 0 Å². The Bertz CT molecular complexity index is 168. The van der Waals surface area contributed by atoms with Crippen molar-refractivity contribution in [1.82, 2.24) is 5.32 Å². The highest BCUT2D eigenvalue weighted by atomic mass is 16.1. The summed E-state index contributed by atoms with van der Waals surface area (Å²) in [4.78, 5) is 11.0. The van der Waals surface area contributed by atoms with E-state index in [4.69, 9.17) is 11.1 Å². The monoisotopic (exact) mass is 171 g/mol. The van der Waals surface area contributed by atoms with Crippen LogP contribution in [0.3, 0.4) is 0 Å². The average molecular weight is 171 g/mol. The Balaban J connectivity index is 3.61. The molecule has 0 radical (unpaired) electrons. The molecule has 0 bridgehead atoms. The van der Waals surface area contributed by atoms with Crippen LogP contribution in [0.5, 0.6) is 0 Å². The normalized spacial score (nSPS) is 12.2. The number of nitrogens with two attached hydrogens (primary N) is 1. The Morgan fingerprint density at radius 2 is 2.25 bits per heavy atom. The first kappa shape index (κ1) is 10.9. The predicted octanol–water partition coefficient (Wildman–Crippen LogP) is 0.617. The van der Waals surface area contributed by atoms with Crippen LogP contribution in [0.1, 0.15) is 33.1 Å². The summed E-state index contributed by atoms with van der Waals surface area (Å²) < 4.78 is 0. The number of nitrogens with one attached hydrogen (secondary N) is 2. The summed E-state index contributed by atoms with van der Waals surface area (Å²) in [7, 11) is 0. The highest BCUT2D eigenvalue weighted by Crippen LogP contribution is 1.94. The van der Waals surface area contributed by atoms with Gasteiger partial charge in [0.05, 0.1) is 12.3 Å². The van der Waals surface area contributed by atoms with Crippen LogP contribution in [-0.2, 0) is 4.79 Å². The molecule has 0 aliphatic heterocycles. The Morgan fingerprint density at radius 1 is 1.67 bits per heavy atom. The van der Waals surface area contributed by atoms with Crippen molar-refractivity contribution >= 4 is 11.7 Å². The molecule has 0 rings (SSSR count). The number of rotatable bonds is 5. The van der Waals surface area contributed by atoms with E-state index in [1.165, 1.54) is 0 Å². The van der Waals surface area contributed by atoms with Gasteiger partial charge in [0.15, 0.2) is 0 Å². The SMILES string of the molecule is CCCC(C)NC(=O)CC(=N)N. The molecule has 0 aromatic heterocycles. The van der Waals surface area contributed by atoms with Gasteiger partial charge in [0, 0.05) is 6.04 Å². The van der Waals surface area contributed by atoms with Gasteiger partial charge >= 0.3 is 0 Å². The van der Waals surface area contributed by atoms with Crippen molar-refractivity contribution < 1.29 is 4.79 Å². The van der Waals surface area contributed by atoms with Gasteiger partial charge in [-0.3, -0.25) is 10.2 Å². The smallest absolute Gasteiger partial charge is 0.227 e. The number of hydrogen-bond donors (Lipinski definition) is 3. The van der Waals surface area contributed by atoms with E-state index < -0.39 is 0 Å². The molecule has 12 heavy (non-hydrogen) atoms. The van der Waals surface area contributed by atoms with Crippen molar-refractivity contribution in [3.63, 3.8) is 0 Å². The molecule has 0 saturated carbocycles. The zero-order valence-electron chi connectivity index (χ0n) is 7.68.